The van der Waals surface area contributed by atoms with Gasteiger partial charge in [0.25, 0.3) is 5.91 Å². The normalized spacial score (nSPS) is 15.4. The lowest BCUT2D eigenvalue weighted by Crippen LogP contribution is -2.49. The summed E-state index contributed by atoms with van der Waals surface area (Å²) in [6.45, 7) is 6.34. The second-order valence-electron chi connectivity index (χ2n) is 6.60. The molecule has 1 aliphatic rings. The number of benzene rings is 2. The van der Waals surface area contributed by atoms with Crippen LogP contribution < -0.4 is 5.73 Å². The molecular weight excluding hydrogens is 378 g/mol. The zero-order valence-corrected chi connectivity index (χ0v) is 16.1. The van der Waals surface area contributed by atoms with E-state index in [1.54, 1.807) is 0 Å². The topological polar surface area (TPSA) is 49.6 Å². The Morgan fingerprint density at radius 3 is 2.40 bits per heavy atom. The van der Waals surface area contributed by atoms with Gasteiger partial charge in [-0.3, -0.25) is 9.69 Å². The molecule has 1 heterocycles. The molecule has 132 valence electrons. The average Bonchev–Trinajstić information content (AvgIpc) is 2.61. The largest absolute Gasteiger partial charge is 0.398 e. The first kappa shape index (κ1) is 18.0. The molecule has 2 N–H and O–H groups in total. The number of nitrogen functional groups attached to an aromatic ring is 1. The number of carbonyl (C=O) groups excluding carboxylic acids is 1. The van der Waals surface area contributed by atoms with E-state index in [0.717, 1.165) is 49.2 Å². The van der Waals surface area contributed by atoms with E-state index in [0.29, 0.717) is 11.3 Å². The molecule has 0 saturated carbocycles. The highest BCUT2D eigenvalue weighted by Gasteiger charge is 2.23. The average molecular weight is 402 g/mol. The minimum absolute atomic E-state index is 0.0464. The summed E-state index contributed by atoms with van der Waals surface area (Å²) in [6.07, 6.45) is 1.03. The number of piperazine rings is 1. The summed E-state index contributed by atoms with van der Waals surface area (Å²) in [7, 11) is 0. The highest BCUT2D eigenvalue weighted by molar-refractivity contribution is 9.10. The molecule has 3 rings (SSSR count). The predicted molar refractivity (Wildman–Crippen MR) is 106 cm³/mol. The first-order valence-electron chi connectivity index (χ1n) is 8.65. The van der Waals surface area contributed by atoms with E-state index in [1.165, 1.54) is 5.56 Å². The molecular formula is C20H24BrN3O. The van der Waals surface area contributed by atoms with Crippen molar-refractivity contribution in [2.24, 2.45) is 0 Å². The van der Waals surface area contributed by atoms with Crippen molar-refractivity contribution in [3.8, 4) is 0 Å². The summed E-state index contributed by atoms with van der Waals surface area (Å²) < 4.78 is 1.11. The number of nitrogens with two attached hydrogens (primary N) is 1. The van der Waals surface area contributed by atoms with E-state index in [4.69, 9.17) is 5.73 Å². The van der Waals surface area contributed by atoms with Crippen LogP contribution in [0.15, 0.2) is 46.9 Å². The lowest BCUT2D eigenvalue weighted by Gasteiger charge is -2.35. The van der Waals surface area contributed by atoms with E-state index in [9.17, 15) is 4.79 Å². The van der Waals surface area contributed by atoms with Crippen molar-refractivity contribution in [1.29, 1.82) is 0 Å². The van der Waals surface area contributed by atoms with Gasteiger partial charge in [0, 0.05) is 42.9 Å². The molecule has 0 aliphatic carbocycles. The number of rotatable bonds is 4. The van der Waals surface area contributed by atoms with Crippen LogP contribution in [-0.2, 0) is 6.42 Å². The Labute approximate surface area is 157 Å². The van der Waals surface area contributed by atoms with Gasteiger partial charge in [0.2, 0.25) is 0 Å². The third-order valence-electron chi connectivity index (χ3n) is 4.73. The number of nitrogens with zero attached hydrogens (tertiary/aromatic N) is 2. The highest BCUT2D eigenvalue weighted by atomic mass is 79.9. The van der Waals surface area contributed by atoms with Crippen molar-refractivity contribution in [3.63, 3.8) is 0 Å². The third kappa shape index (κ3) is 4.61. The quantitative estimate of drug-likeness (QED) is 0.799. The smallest absolute Gasteiger partial charge is 0.256 e. The minimum Gasteiger partial charge on any atom is -0.398 e. The molecule has 0 aromatic heterocycles. The molecule has 0 unspecified atom stereocenters. The van der Waals surface area contributed by atoms with Gasteiger partial charge < -0.3 is 10.6 Å². The molecule has 1 aliphatic heterocycles. The van der Waals surface area contributed by atoms with Gasteiger partial charge in [0.05, 0.1) is 5.56 Å². The Kier molecular flexibility index (Phi) is 5.76. The van der Waals surface area contributed by atoms with Crippen LogP contribution >= 0.6 is 15.9 Å². The molecule has 0 radical (unpaired) electrons. The number of anilines is 1. The van der Waals surface area contributed by atoms with Gasteiger partial charge in [0.1, 0.15) is 0 Å². The number of halogens is 1. The van der Waals surface area contributed by atoms with Crippen LogP contribution in [0.5, 0.6) is 0 Å². The summed E-state index contributed by atoms with van der Waals surface area (Å²) in [5.74, 6) is 0.0464. The molecule has 2 aromatic carbocycles. The monoisotopic (exact) mass is 401 g/mol. The maximum absolute atomic E-state index is 12.7. The Hall–Kier alpha value is -1.85. The zero-order valence-electron chi connectivity index (χ0n) is 14.5. The molecule has 1 saturated heterocycles. The fraction of sp³-hybridized carbons (Fsp3) is 0.350. The number of hydrogen-bond acceptors (Lipinski definition) is 3. The lowest BCUT2D eigenvalue weighted by molar-refractivity contribution is 0.0639. The molecule has 5 heteroatoms. The van der Waals surface area contributed by atoms with Crippen LogP contribution in [0.4, 0.5) is 5.69 Å². The Bertz CT molecular complexity index is 737. The maximum atomic E-state index is 12.7. The molecule has 4 nitrogen and oxygen atoms in total. The molecule has 25 heavy (non-hydrogen) atoms. The zero-order chi connectivity index (χ0) is 17.8. The van der Waals surface area contributed by atoms with Gasteiger partial charge in [-0.2, -0.15) is 0 Å². The van der Waals surface area contributed by atoms with Crippen LogP contribution in [0.2, 0.25) is 0 Å². The predicted octanol–water partition coefficient (Wildman–Crippen LogP) is 3.34. The van der Waals surface area contributed by atoms with Gasteiger partial charge >= 0.3 is 0 Å². The van der Waals surface area contributed by atoms with Crippen LogP contribution in [-0.4, -0.2) is 48.4 Å². The maximum Gasteiger partial charge on any atom is 0.256 e. The molecule has 0 atom stereocenters. The molecule has 2 aromatic rings. The molecule has 0 bridgehead atoms. The van der Waals surface area contributed by atoms with Crippen molar-refractivity contribution in [2.45, 2.75) is 13.3 Å². The highest BCUT2D eigenvalue weighted by Crippen LogP contribution is 2.17. The summed E-state index contributed by atoms with van der Waals surface area (Å²) in [6, 6.07) is 14.1. The van der Waals surface area contributed by atoms with Crippen molar-refractivity contribution in [3.05, 3.63) is 63.6 Å². The Morgan fingerprint density at radius 1 is 1.08 bits per heavy atom. The first-order valence-corrected chi connectivity index (χ1v) is 9.44. The number of carbonyl (C=O) groups is 1. The summed E-state index contributed by atoms with van der Waals surface area (Å²) >= 11 is 3.46. The van der Waals surface area contributed by atoms with E-state index in [-0.39, 0.29) is 5.91 Å². The van der Waals surface area contributed by atoms with Crippen molar-refractivity contribution in [2.75, 3.05) is 38.5 Å². The van der Waals surface area contributed by atoms with Crippen molar-refractivity contribution in [1.82, 2.24) is 9.80 Å². The number of aryl methyl sites for hydroxylation is 1. The summed E-state index contributed by atoms with van der Waals surface area (Å²) in [5, 5.41) is 0. The van der Waals surface area contributed by atoms with E-state index >= 15 is 0 Å². The van der Waals surface area contributed by atoms with Crippen molar-refractivity contribution >= 4 is 27.5 Å². The SMILES string of the molecule is Cc1ccc(C(=O)N2CCN(CCc3ccc(Br)cc3)CC2)c(N)c1. The van der Waals surface area contributed by atoms with Crippen LogP contribution in [0.25, 0.3) is 0 Å². The number of hydrogen-bond donors (Lipinski definition) is 1. The number of amides is 1. The van der Waals surface area contributed by atoms with Gasteiger partial charge in [-0.25, -0.2) is 0 Å². The second-order valence-corrected chi connectivity index (χ2v) is 7.52. The van der Waals surface area contributed by atoms with E-state index in [2.05, 4.69) is 45.1 Å². The molecule has 0 spiro atoms. The van der Waals surface area contributed by atoms with E-state index < -0.39 is 0 Å². The summed E-state index contributed by atoms with van der Waals surface area (Å²) in [4.78, 5) is 17.0. The van der Waals surface area contributed by atoms with Crippen molar-refractivity contribution < 1.29 is 4.79 Å². The first-order chi connectivity index (χ1) is 12.0. The third-order valence-corrected chi connectivity index (χ3v) is 5.26. The Balaban J connectivity index is 1.51. The minimum atomic E-state index is 0.0464. The lowest BCUT2D eigenvalue weighted by atomic mass is 10.1. The van der Waals surface area contributed by atoms with Crippen LogP contribution in [0.3, 0.4) is 0 Å². The van der Waals surface area contributed by atoms with Gasteiger partial charge in [0.15, 0.2) is 0 Å². The standard InChI is InChI=1S/C20H24BrN3O/c1-15-2-7-18(19(22)14-15)20(25)24-12-10-23(11-13-24)9-8-16-3-5-17(21)6-4-16/h2-7,14H,8-13,22H2,1H3. The fourth-order valence-corrected chi connectivity index (χ4v) is 3.42. The Morgan fingerprint density at radius 2 is 1.76 bits per heavy atom. The van der Waals surface area contributed by atoms with Crippen LogP contribution in [0.1, 0.15) is 21.5 Å². The van der Waals surface area contributed by atoms with Gasteiger partial charge in [-0.15, -0.1) is 0 Å². The molecule has 1 amide bonds. The van der Waals surface area contributed by atoms with E-state index in [1.807, 2.05) is 30.0 Å². The van der Waals surface area contributed by atoms with Gasteiger partial charge in [-0.1, -0.05) is 34.1 Å². The molecule has 1 fully saturated rings. The van der Waals surface area contributed by atoms with Gasteiger partial charge in [-0.05, 0) is 48.7 Å². The van der Waals surface area contributed by atoms with Crippen LogP contribution in [0, 0.1) is 6.92 Å². The summed E-state index contributed by atoms with van der Waals surface area (Å²) in [5.41, 5.74) is 9.63. The second kappa shape index (κ2) is 8.02. The fourth-order valence-electron chi connectivity index (χ4n) is 3.16.